The van der Waals surface area contributed by atoms with Crippen molar-refractivity contribution in [3.63, 3.8) is 0 Å². The Bertz CT molecular complexity index is 1310. The third-order valence-electron chi connectivity index (χ3n) is 5.49. The van der Waals surface area contributed by atoms with Crippen molar-refractivity contribution < 1.29 is 13.9 Å². The second-order valence-corrected chi connectivity index (χ2v) is 8.84. The molecule has 4 aromatic rings. The maximum Gasteiger partial charge on any atom is 0.268 e. The zero-order chi connectivity index (χ0) is 22.9. The number of anilines is 1. The Kier molecular flexibility index (Phi) is 5.83. The number of carbonyl (C=O) groups is 1. The highest BCUT2D eigenvalue weighted by Crippen LogP contribution is 2.40. The van der Waals surface area contributed by atoms with Crippen molar-refractivity contribution >= 4 is 34.5 Å². The lowest BCUT2D eigenvalue weighted by atomic mass is 10.1. The van der Waals surface area contributed by atoms with Crippen LogP contribution in [-0.4, -0.2) is 22.0 Å². The van der Waals surface area contributed by atoms with Gasteiger partial charge in [0.1, 0.15) is 16.6 Å². The Labute approximate surface area is 199 Å². The molecule has 0 saturated heterocycles. The molecule has 0 aliphatic carbocycles. The first-order valence-electron chi connectivity index (χ1n) is 10.5. The van der Waals surface area contributed by atoms with Gasteiger partial charge in [0.15, 0.2) is 6.10 Å². The summed E-state index contributed by atoms with van der Waals surface area (Å²) in [5.41, 5.74) is 3.22. The fourth-order valence-corrected chi connectivity index (χ4v) is 4.79. The van der Waals surface area contributed by atoms with E-state index in [1.54, 1.807) is 23.2 Å². The van der Waals surface area contributed by atoms with Gasteiger partial charge in [-0.15, -0.1) is 11.3 Å². The molecule has 5 nitrogen and oxygen atoms in total. The minimum atomic E-state index is -0.635. The van der Waals surface area contributed by atoms with E-state index in [0.717, 1.165) is 22.0 Å². The summed E-state index contributed by atoms with van der Waals surface area (Å²) in [6, 6.07) is 15.8. The number of hydrogen-bond donors (Lipinski definition) is 0. The van der Waals surface area contributed by atoms with Gasteiger partial charge in [-0.05, 0) is 48.9 Å². The SMILES string of the molecule is CCC1Oc2ccc(-c3csc(-c4ccccn4)n3)cc2N(Cc2c(F)cccc2Cl)C1=O. The Balaban J connectivity index is 1.55. The molecule has 8 heteroatoms. The molecular weight excluding hydrogens is 461 g/mol. The Morgan fingerprint density at radius 2 is 2.03 bits per heavy atom. The fraction of sp³-hybridized carbons (Fsp3) is 0.160. The van der Waals surface area contributed by atoms with Crippen molar-refractivity contribution in [2.24, 2.45) is 0 Å². The molecule has 1 unspecified atom stereocenters. The highest BCUT2D eigenvalue weighted by Gasteiger charge is 2.34. The van der Waals surface area contributed by atoms with Gasteiger partial charge in [-0.1, -0.05) is 30.7 Å². The molecule has 5 rings (SSSR count). The molecular formula is C25H19ClFN3O2S. The lowest BCUT2D eigenvalue weighted by Crippen LogP contribution is -2.45. The van der Waals surface area contributed by atoms with Crippen LogP contribution in [0.25, 0.3) is 22.0 Å². The molecule has 166 valence electrons. The smallest absolute Gasteiger partial charge is 0.268 e. The summed E-state index contributed by atoms with van der Waals surface area (Å²) in [4.78, 5) is 23.8. The quantitative estimate of drug-likeness (QED) is 0.334. The van der Waals surface area contributed by atoms with Gasteiger partial charge in [0.25, 0.3) is 5.91 Å². The number of pyridine rings is 1. The second kappa shape index (κ2) is 8.92. The lowest BCUT2D eigenvalue weighted by molar-refractivity contribution is -0.126. The van der Waals surface area contributed by atoms with Gasteiger partial charge in [-0.25, -0.2) is 9.37 Å². The standard InChI is InChI=1S/C25H19ClFN3O2S/c1-2-22-25(31)30(13-16-17(26)6-5-7-18(16)27)21-12-15(9-10-23(21)32-22)20-14-33-24(29-20)19-8-3-4-11-28-19/h3-12,14,22H,2,13H2,1H3. The molecule has 0 saturated carbocycles. The van der Waals surface area contributed by atoms with E-state index >= 15 is 0 Å². The van der Waals surface area contributed by atoms with Crippen LogP contribution in [0.2, 0.25) is 5.02 Å². The van der Waals surface area contributed by atoms with Crippen molar-refractivity contribution in [2.75, 3.05) is 4.90 Å². The van der Waals surface area contributed by atoms with Crippen LogP contribution in [0.3, 0.4) is 0 Å². The van der Waals surface area contributed by atoms with E-state index in [1.165, 1.54) is 17.4 Å². The average Bonchev–Trinajstić information content (AvgIpc) is 3.33. The minimum absolute atomic E-state index is 0.0108. The van der Waals surface area contributed by atoms with Gasteiger partial charge in [-0.2, -0.15) is 0 Å². The highest BCUT2D eigenvalue weighted by molar-refractivity contribution is 7.13. The number of ether oxygens (including phenoxy) is 1. The van der Waals surface area contributed by atoms with E-state index in [0.29, 0.717) is 17.9 Å². The van der Waals surface area contributed by atoms with Crippen molar-refractivity contribution in [2.45, 2.75) is 26.0 Å². The second-order valence-electron chi connectivity index (χ2n) is 7.57. The Morgan fingerprint density at radius 1 is 1.15 bits per heavy atom. The van der Waals surface area contributed by atoms with Crippen LogP contribution in [-0.2, 0) is 11.3 Å². The number of hydrogen-bond acceptors (Lipinski definition) is 5. The Morgan fingerprint density at radius 3 is 2.79 bits per heavy atom. The lowest BCUT2D eigenvalue weighted by Gasteiger charge is -2.34. The average molecular weight is 480 g/mol. The topological polar surface area (TPSA) is 55.3 Å². The van der Waals surface area contributed by atoms with E-state index in [2.05, 4.69) is 4.98 Å². The number of thiazole rings is 1. The van der Waals surface area contributed by atoms with Gasteiger partial charge < -0.3 is 9.64 Å². The Hall–Kier alpha value is -3.29. The maximum atomic E-state index is 14.5. The van der Waals surface area contributed by atoms with Crippen molar-refractivity contribution in [3.05, 3.63) is 82.6 Å². The van der Waals surface area contributed by atoms with E-state index in [-0.39, 0.29) is 23.0 Å². The number of aromatic nitrogens is 2. The van der Waals surface area contributed by atoms with E-state index in [4.69, 9.17) is 21.3 Å². The van der Waals surface area contributed by atoms with Crippen LogP contribution in [0.4, 0.5) is 10.1 Å². The zero-order valence-corrected chi connectivity index (χ0v) is 19.2. The monoisotopic (exact) mass is 479 g/mol. The van der Waals surface area contributed by atoms with Crippen molar-refractivity contribution in [3.8, 4) is 27.7 Å². The van der Waals surface area contributed by atoms with Gasteiger partial charge in [0.2, 0.25) is 0 Å². The predicted octanol–water partition coefficient (Wildman–Crippen LogP) is 6.37. The van der Waals surface area contributed by atoms with E-state index in [1.807, 2.05) is 48.7 Å². The number of fused-ring (bicyclic) bond motifs is 1. The molecule has 1 amide bonds. The van der Waals surface area contributed by atoms with Crippen molar-refractivity contribution in [1.82, 2.24) is 9.97 Å². The first kappa shape index (κ1) is 21.6. The predicted molar refractivity (Wildman–Crippen MR) is 128 cm³/mol. The number of rotatable bonds is 5. The summed E-state index contributed by atoms with van der Waals surface area (Å²) in [5.74, 6) is -0.112. The molecule has 3 heterocycles. The fourth-order valence-electron chi connectivity index (χ4n) is 3.76. The molecule has 2 aromatic heterocycles. The van der Waals surface area contributed by atoms with Gasteiger partial charge >= 0.3 is 0 Å². The maximum absolute atomic E-state index is 14.5. The van der Waals surface area contributed by atoms with Gasteiger partial charge in [0, 0.05) is 27.7 Å². The summed E-state index contributed by atoms with van der Waals surface area (Å²) in [7, 11) is 0. The first-order valence-corrected chi connectivity index (χ1v) is 11.7. The molecule has 0 fully saturated rings. The van der Waals surface area contributed by atoms with Crippen LogP contribution in [0.5, 0.6) is 5.75 Å². The third-order valence-corrected chi connectivity index (χ3v) is 6.71. The van der Waals surface area contributed by atoms with Gasteiger partial charge in [0.05, 0.1) is 23.6 Å². The van der Waals surface area contributed by atoms with Gasteiger partial charge in [-0.3, -0.25) is 9.78 Å². The molecule has 33 heavy (non-hydrogen) atoms. The summed E-state index contributed by atoms with van der Waals surface area (Å²) in [6.07, 6.45) is 1.60. The number of benzene rings is 2. The third kappa shape index (κ3) is 4.10. The van der Waals surface area contributed by atoms with Crippen molar-refractivity contribution in [1.29, 1.82) is 0 Å². The van der Waals surface area contributed by atoms with Crippen LogP contribution < -0.4 is 9.64 Å². The van der Waals surface area contributed by atoms with Crippen LogP contribution >= 0.6 is 22.9 Å². The number of halogens is 2. The summed E-state index contributed by atoms with van der Waals surface area (Å²) < 4.78 is 20.5. The molecule has 0 N–H and O–H groups in total. The molecule has 1 atom stereocenters. The highest BCUT2D eigenvalue weighted by atomic mass is 35.5. The normalized spacial score (nSPS) is 15.3. The number of nitrogens with zero attached hydrogens (tertiary/aromatic N) is 3. The van der Waals surface area contributed by atoms with E-state index < -0.39 is 11.9 Å². The molecule has 2 aromatic carbocycles. The zero-order valence-electron chi connectivity index (χ0n) is 17.7. The summed E-state index contributed by atoms with van der Waals surface area (Å²) in [6.45, 7) is 1.89. The summed E-state index contributed by atoms with van der Waals surface area (Å²) >= 11 is 7.75. The molecule has 1 aliphatic rings. The first-order chi connectivity index (χ1) is 16.0. The largest absolute Gasteiger partial charge is 0.478 e. The summed E-state index contributed by atoms with van der Waals surface area (Å²) in [5, 5.41) is 3.03. The van der Waals surface area contributed by atoms with E-state index in [9.17, 15) is 9.18 Å². The molecule has 1 aliphatic heterocycles. The molecule has 0 spiro atoms. The number of carbonyl (C=O) groups excluding carboxylic acids is 1. The minimum Gasteiger partial charge on any atom is -0.478 e. The van der Waals surface area contributed by atoms with Crippen LogP contribution in [0.15, 0.2) is 66.2 Å². The van der Waals surface area contributed by atoms with Crippen LogP contribution in [0.1, 0.15) is 18.9 Å². The molecule has 0 bridgehead atoms. The van der Waals surface area contributed by atoms with Crippen LogP contribution in [0, 0.1) is 5.82 Å². The number of amides is 1. The molecule has 0 radical (unpaired) electrons.